The van der Waals surface area contributed by atoms with Crippen LogP contribution in [0.4, 0.5) is 18.9 Å². The molecule has 0 saturated carbocycles. The normalized spacial score (nSPS) is 13.2. The van der Waals surface area contributed by atoms with E-state index >= 15 is 0 Å². The summed E-state index contributed by atoms with van der Waals surface area (Å²) in [6.45, 7) is 6.53. The van der Waals surface area contributed by atoms with E-state index in [2.05, 4.69) is 5.32 Å². The highest BCUT2D eigenvalue weighted by atomic mass is 32.2. The highest BCUT2D eigenvalue weighted by Gasteiger charge is 2.36. The second-order valence-electron chi connectivity index (χ2n) is 10.1. The Morgan fingerprint density at radius 2 is 1.57 bits per heavy atom. The average molecular weight is 604 g/mol. The summed E-state index contributed by atoms with van der Waals surface area (Å²) in [4.78, 5) is 28.5. The molecule has 42 heavy (non-hydrogen) atoms. The number of rotatable bonds is 12. The average Bonchev–Trinajstić information content (AvgIpc) is 2.95. The quantitative estimate of drug-likeness (QED) is 0.278. The number of amides is 2. The molecule has 0 bridgehead atoms. The van der Waals surface area contributed by atoms with Crippen LogP contribution in [-0.4, -0.2) is 43.8 Å². The Kier molecular flexibility index (Phi) is 10.8. The molecule has 11 heteroatoms. The third kappa shape index (κ3) is 8.12. The summed E-state index contributed by atoms with van der Waals surface area (Å²) in [7, 11) is -4.48. The summed E-state index contributed by atoms with van der Waals surface area (Å²) in [5.74, 6) is -1.14. The summed E-state index contributed by atoms with van der Waals surface area (Å²) < 4.78 is 69.1. The number of hydrogen-bond acceptors (Lipinski definition) is 4. The number of nitrogens with one attached hydrogen (secondary N) is 1. The van der Waals surface area contributed by atoms with Gasteiger partial charge in [-0.25, -0.2) is 8.42 Å². The van der Waals surface area contributed by atoms with E-state index in [1.807, 2.05) is 39.0 Å². The number of aryl methyl sites for hydroxylation is 1. The van der Waals surface area contributed by atoms with Gasteiger partial charge in [-0.05, 0) is 62.6 Å². The van der Waals surface area contributed by atoms with E-state index in [0.29, 0.717) is 16.8 Å². The third-order valence-electron chi connectivity index (χ3n) is 6.89. The van der Waals surface area contributed by atoms with Crippen molar-refractivity contribution < 1.29 is 31.2 Å². The summed E-state index contributed by atoms with van der Waals surface area (Å²) in [6, 6.07) is 17.2. The first-order chi connectivity index (χ1) is 19.8. The maximum absolute atomic E-state index is 14.1. The number of hydrogen-bond donors (Lipinski definition) is 1. The summed E-state index contributed by atoms with van der Waals surface area (Å²) in [5.41, 5.74) is 0.259. The molecule has 0 fully saturated rings. The van der Waals surface area contributed by atoms with Gasteiger partial charge in [-0.15, -0.1) is 0 Å². The van der Waals surface area contributed by atoms with Gasteiger partial charge in [0.2, 0.25) is 11.8 Å². The van der Waals surface area contributed by atoms with Crippen molar-refractivity contribution in [3.05, 3.63) is 95.6 Å². The number of carbonyl (C=O) groups excluding carboxylic acids is 2. The van der Waals surface area contributed by atoms with Crippen molar-refractivity contribution in [2.75, 3.05) is 10.8 Å². The fraction of sp³-hybridized carbons (Fsp3) is 0.355. The Bertz CT molecular complexity index is 1480. The molecule has 3 aromatic carbocycles. The van der Waals surface area contributed by atoms with Gasteiger partial charge in [-0.1, -0.05) is 67.9 Å². The molecule has 2 atom stereocenters. The molecule has 2 amide bonds. The zero-order valence-corrected chi connectivity index (χ0v) is 24.9. The Morgan fingerprint density at radius 3 is 2.17 bits per heavy atom. The number of anilines is 1. The van der Waals surface area contributed by atoms with Gasteiger partial charge in [0.15, 0.2) is 0 Å². The summed E-state index contributed by atoms with van der Waals surface area (Å²) in [6.07, 6.45) is -3.85. The van der Waals surface area contributed by atoms with Crippen molar-refractivity contribution >= 4 is 27.5 Å². The molecule has 0 aliphatic carbocycles. The van der Waals surface area contributed by atoms with Gasteiger partial charge in [0.1, 0.15) is 12.6 Å². The highest BCUT2D eigenvalue weighted by molar-refractivity contribution is 7.92. The van der Waals surface area contributed by atoms with Crippen molar-refractivity contribution in [3.8, 4) is 0 Å². The summed E-state index contributed by atoms with van der Waals surface area (Å²) >= 11 is 0. The number of nitrogens with zero attached hydrogens (tertiary/aromatic N) is 2. The summed E-state index contributed by atoms with van der Waals surface area (Å²) in [5, 5.41) is 2.89. The first kappa shape index (κ1) is 32.7. The molecule has 226 valence electrons. The van der Waals surface area contributed by atoms with E-state index in [1.165, 1.54) is 35.2 Å². The van der Waals surface area contributed by atoms with Crippen molar-refractivity contribution in [3.63, 3.8) is 0 Å². The zero-order valence-electron chi connectivity index (χ0n) is 24.1. The number of alkyl halides is 3. The Labute approximate surface area is 245 Å². The lowest BCUT2D eigenvalue weighted by molar-refractivity contribution is -0.140. The number of sulfonamides is 1. The van der Waals surface area contributed by atoms with Gasteiger partial charge in [0.05, 0.1) is 16.1 Å². The highest BCUT2D eigenvalue weighted by Crippen LogP contribution is 2.33. The molecule has 3 rings (SSSR count). The van der Waals surface area contributed by atoms with E-state index in [1.54, 1.807) is 19.1 Å². The minimum atomic E-state index is -4.74. The molecule has 3 aromatic rings. The Morgan fingerprint density at radius 1 is 0.905 bits per heavy atom. The van der Waals surface area contributed by atoms with Gasteiger partial charge in [0.25, 0.3) is 10.0 Å². The second-order valence-corrected chi connectivity index (χ2v) is 12.0. The van der Waals surface area contributed by atoms with Crippen LogP contribution in [0.15, 0.2) is 83.8 Å². The van der Waals surface area contributed by atoms with Crippen LogP contribution in [0.1, 0.15) is 50.3 Å². The zero-order chi connectivity index (χ0) is 31.1. The SMILES string of the molecule is CC[C@H](C)NC(=O)[C@H](CC)N(Cc1cccc(C)c1)C(=O)CN(c1cccc(C(F)(F)F)c1)S(=O)(=O)c1ccccc1. The van der Waals surface area contributed by atoms with E-state index in [9.17, 15) is 31.2 Å². The lowest BCUT2D eigenvalue weighted by atomic mass is 10.1. The van der Waals surface area contributed by atoms with Crippen LogP contribution in [-0.2, 0) is 32.3 Å². The molecular weight excluding hydrogens is 567 g/mol. The molecule has 0 aromatic heterocycles. The molecule has 0 heterocycles. The minimum Gasteiger partial charge on any atom is -0.352 e. The van der Waals surface area contributed by atoms with E-state index < -0.39 is 46.2 Å². The van der Waals surface area contributed by atoms with Gasteiger partial charge in [-0.2, -0.15) is 13.2 Å². The topological polar surface area (TPSA) is 86.8 Å². The molecular formula is C31H36F3N3O4S. The fourth-order valence-corrected chi connectivity index (χ4v) is 5.88. The van der Waals surface area contributed by atoms with Crippen molar-refractivity contribution in [1.29, 1.82) is 0 Å². The standard InChI is InChI=1S/C31H36F3N3O4S/c1-5-23(4)35-30(39)28(6-2)36(20-24-13-10-12-22(3)18-24)29(38)21-37(42(40,41)27-16-8-7-9-17-27)26-15-11-14-25(19-26)31(32,33)34/h7-19,23,28H,5-6,20-21H2,1-4H3,(H,35,39)/t23-,28-/m0/s1. The number of halogens is 3. The van der Waals surface area contributed by atoms with Crippen molar-refractivity contribution in [2.24, 2.45) is 0 Å². The molecule has 7 nitrogen and oxygen atoms in total. The van der Waals surface area contributed by atoms with Gasteiger partial charge >= 0.3 is 6.18 Å². The van der Waals surface area contributed by atoms with Crippen LogP contribution in [0.3, 0.4) is 0 Å². The number of benzene rings is 3. The van der Waals surface area contributed by atoms with Crippen molar-refractivity contribution in [2.45, 2.75) is 70.2 Å². The predicted molar refractivity (Wildman–Crippen MR) is 156 cm³/mol. The van der Waals surface area contributed by atoms with E-state index in [0.717, 1.165) is 23.3 Å². The smallest absolute Gasteiger partial charge is 0.352 e. The van der Waals surface area contributed by atoms with Gasteiger partial charge in [-0.3, -0.25) is 13.9 Å². The molecule has 0 aliphatic rings. The van der Waals surface area contributed by atoms with Crippen LogP contribution in [0.25, 0.3) is 0 Å². The fourth-order valence-electron chi connectivity index (χ4n) is 4.45. The second kappa shape index (κ2) is 13.9. The molecule has 0 aliphatic heterocycles. The van der Waals surface area contributed by atoms with Crippen LogP contribution in [0.5, 0.6) is 0 Å². The molecule has 1 N–H and O–H groups in total. The Balaban J connectivity index is 2.11. The molecule has 0 spiro atoms. The molecule has 0 saturated heterocycles. The monoisotopic (exact) mass is 603 g/mol. The maximum Gasteiger partial charge on any atom is 0.416 e. The lowest BCUT2D eigenvalue weighted by Gasteiger charge is -2.34. The predicted octanol–water partition coefficient (Wildman–Crippen LogP) is 5.93. The third-order valence-corrected chi connectivity index (χ3v) is 8.68. The Hall–Kier alpha value is -3.86. The minimum absolute atomic E-state index is 0.00520. The lowest BCUT2D eigenvalue weighted by Crippen LogP contribution is -2.53. The van der Waals surface area contributed by atoms with E-state index in [4.69, 9.17) is 0 Å². The molecule has 0 unspecified atom stereocenters. The van der Waals surface area contributed by atoms with Gasteiger partial charge < -0.3 is 10.2 Å². The first-order valence-electron chi connectivity index (χ1n) is 13.7. The first-order valence-corrected chi connectivity index (χ1v) is 15.1. The molecule has 0 radical (unpaired) electrons. The largest absolute Gasteiger partial charge is 0.416 e. The van der Waals surface area contributed by atoms with Crippen LogP contribution >= 0.6 is 0 Å². The maximum atomic E-state index is 14.1. The van der Waals surface area contributed by atoms with Gasteiger partial charge in [0, 0.05) is 12.6 Å². The van der Waals surface area contributed by atoms with E-state index in [-0.39, 0.29) is 29.6 Å². The van der Waals surface area contributed by atoms with Crippen LogP contribution < -0.4 is 9.62 Å². The van der Waals surface area contributed by atoms with Crippen LogP contribution in [0.2, 0.25) is 0 Å². The van der Waals surface area contributed by atoms with Crippen molar-refractivity contribution in [1.82, 2.24) is 10.2 Å². The number of carbonyl (C=O) groups is 2. The van der Waals surface area contributed by atoms with Crippen LogP contribution in [0, 0.1) is 6.92 Å².